The highest BCUT2D eigenvalue weighted by Crippen LogP contribution is 2.39. The smallest absolute Gasteiger partial charge is 0.117 e. The van der Waals surface area contributed by atoms with Crippen molar-refractivity contribution < 1.29 is 5.11 Å². The van der Waals surface area contributed by atoms with Gasteiger partial charge in [-0.3, -0.25) is 0 Å². The fourth-order valence-electron chi connectivity index (χ4n) is 2.31. The molecule has 1 aliphatic rings. The van der Waals surface area contributed by atoms with Crippen molar-refractivity contribution in [2.24, 2.45) is 0 Å². The third kappa shape index (κ3) is 2.82. The minimum atomic E-state index is 0.247. The minimum Gasteiger partial charge on any atom is -0.508 e. The fourth-order valence-corrected chi connectivity index (χ4v) is 3.60. The summed E-state index contributed by atoms with van der Waals surface area (Å²) in [5, 5.41) is 13.8. The van der Waals surface area contributed by atoms with Crippen molar-refractivity contribution >= 4 is 29.1 Å². The maximum absolute atomic E-state index is 9.52. The van der Waals surface area contributed by atoms with E-state index in [2.05, 4.69) is 11.4 Å². The van der Waals surface area contributed by atoms with Crippen molar-refractivity contribution in [1.82, 2.24) is 0 Å². The molecule has 2 aromatic rings. The lowest BCUT2D eigenvalue weighted by atomic mass is 10.0. The second-order valence-corrected chi connectivity index (χ2v) is 6.14. The van der Waals surface area contributed by atoms with Crippen LogP contribution in [0.15, 0.2) is 47.4 Å². The first-order valence-electron chi connectivity index (χ1n) is 6.20. The molecule has 0 radical (unpaired) electrons. The summed E-state index contributed by atoms with van der Waals surface area (Å²) in [6.45, 7) is 0. The maximum atomic E-state index is 9.52. The van der Waals surface area contributed by atoms with E-state index in [0.717, 1.165) is 22.9 Å². The maximum Gasteiger partial charge on any atom is 0.117 e. The van der Waals surface area contributed by atoms with Gasteiger partial charge in [0.25, 0.3) is 0 Å². The predicted molar refractivity (Wildman–Crippen MR) is 81.3 cm³/mol. The van der Waals surface area contributed by atoms with Crippen molar-refractivity contribution in [2.45, 2.75) is 17.4 Å². The van der Waals surface area contributed by atoms with Gasteiger partial charge >= 0.3 is 0 Å². The van der Waals surface area contributed by atoms with Gasteiger partial charge in [0.2, 0.25) is 0 Å². The summed E-state index contributed by atoms with van der Waals surface area (Å²) in [7, 11) is 0. The van der Waals surface area contributed by atoms with Gasteiger partial charge in [-0.05, 0) is 42.3 Å². The van der Waals surface area contributed by atoms with E-state index in [0.29, 0.717) is 0 Å². The highest BCUT2D eigenvalue weighted by atomic mass is 35.5. The van der Waals surface area contributed by atoms with Crippen LogP contribution in [-0.4, -0.2) is 10.9 Å². The number of anilines is 1. The van der Waals surface area contributed by atoms with Gasteiger partial charge < -0.3 is 10.4 Å². The van der Waals surface area contributed by atoms with Crippen molar-refractivity contribution in [3.63, 3.8) is 0 Å². The number of benzene rings is 2. The standard InChI is InChI=1S/C15H14ClNOS/c16-10-4-5-15-13(8-10)14(6-7-19-15)17-11-2-1-3-12(18)9-11/h1-5,8-9,14,17-18H,6-7H2. The molecule has 4 heteroatoms. The number of phenols is 1. The molecule has 1 unspecified atom stereocenters. The van der Waals surface area contributed by atoms with Crippen LogP contribution in [-0.2, 0) is 0 Å². The number of hydrogen-bond acceptors (Lipinski definition) is 3. The van der Waals surface area contributed by atoms with Gasteiger partial charge in [-0.25, -0.2) is 0 Å². The number of nitrogens with one attached hydrogen (secondary N) is 1. The molecule has 0 saturated carbocycles. The van der Waals surface area contributed by atoms with Gasteiger partial charge in [0.05, 0.1) is 6.04 Å². The summed E-state index contributed by atoms with van der Waals surface area (Å²) >= 11 is 7.96. The Morgan fingerprint density at radius 1 is 1.21 bits per heavy atom. The van der Waals surface area contributed by atoms with Crippen molar-refractivity contribution in [2.75, 3.05) is 11.1 Å². The first-order valence-corrected chi connectivity index (χ1v) is 7.56. The summed E-state index contributed by atoms with van der Waals surface area (Å²) in [5.74, 6) is 1.37. The van der Waals surface area contributed by atoms with Crippen LogP contribution in [0.4, 0.5) is 5.69 Å². The van der Waals surface area contributed by atoms with Crippen molar-refractivity contribution in [3.8, 4) is 5.75 Å². The first-order chi connectivity index (χ1) is 9.22. The topological polar surface area (TPSA) is 32.3 Å². The molecule has 19 heavy (non-hydrogen) atoms. The van der Waals surface area contributed by atoms with E-state index in [1.54, 1.807) is 12.1 Å². The van der Waals surface area contributed by atoms with E-state index in [1.165, 1.54) is 10.5 Å². The zero-order chi connectivity index (χ0) is 13.2. The molecule has 1 atom stereocenters. The van der Waals surface area contributed by atoms with Crippen LogP contribution in [0.5, 0.6) is 5.75 Å². The minimum absolute atomic E-state index is 0.247. The number of hydrogen-bond donors (Lipinski definition) is 2. The number of aromatic hydroxyl groups is 1. The van der Waals surface area contributed by atoms with Gasteiger partial charge in [-0.1, -0.05) is 17.7 Å². The molecule has 0 amide bonds. The van der Waals surface area contributed by atoms with E-state index in [9.17, 15) is 5.11 Å². The molecular weight excluding hydrogens is 278 g/mol. The molecule has 0 aliphatic carbocycles. The summed E-state index contributed by atoms with van der Waals surface area (Å²) in [4.78, 5) is 1.29. The lowest BCUT2D eigenvalue weighted by Gasteiger charge is -2.27. The molecular formula is C15H14ClNOS. The lowest BCUT2D eigenvalue weighted by Crippen LogP contribution is -2.16. The van der Waals surface area contributed by atoms with Crippen LogP contribution in [0, 0.1) is 0 Å². The SMILES string of the molecule is Oc1cccc(NC2CCSc3ccc(Cl)cc32)c1. The zero-order valence-corrected chi connectivity index (χ0v) is 11.8. The van der Waals surface area contributed by atoms with E-state index in [1.807, 2.05) is 36.0 Å². The Kier molecular flexibility index (Phi) is 3.58. The Labute approximate surface area is 121 Å². The summed E-state index contributed by atoms with van der Waals surface area (Å²) < 4.78 is 0. The van der Waals surface area contributed by atoms with Gasteiger partial charge in [-0.2, -0.15) is 0 Å². The highest BCUT2D eigenvalue weighted by molar-refractivity contribution is 7.99. The fraction of sp³-hybridized carbons (Fsp3) is 0.200. The van der Waals surface area contributed by atoms with Gasteiger partial charge in [0, 0.05) is 27.4 Å². The highest BCUT2D eigenvalue weighted by Gasteiger charge is 2.20. The van der Waals surface area contributed by atoms with E-state index >= 15 is 0 Å². The van der Waals surface area contributed by atoms with Gasteiger partial charge in [-0.15, -0.1) is 11.8 Å². The largest absolute Gasteiger partial charge is 0.508 e. The van der Waals surface area contributed by atoms with Crippen LogP contribution in [0.1, 0.15) is 18.0 Å². The van der Waals surface area contributed by atoms with E-state index in [-0.39, 0.29) is 11.8 Å². The Balaban J connectivity index is 1.89. The predicted octanol–water partition coefficient (Wildman–Crippen LogP) is 4.69. The molecule has 2 aromatic carbocycles. The first kappa shape index (κ1) is 12.7. The van der Waals surface area contributed by atoms with Crippen LogP contribution < -0.4 is 5.32 Å². The lowest BCUT2D eigenvalue weighted by molar-refractivity contribution is 0.475. The van der Waals surface area contributed by atoms with Crippen LogP contribution in [0.2, 0.25) is 5.02 Å². The van der Waals surface area contributed by atoms with Crippen LogP contribution in [0.25, 0.3) is 0 Å². The average Bonchev–Trinajstić information content (AvgIpc) is 2.39. The third-order valence-electron chi connectivity index (χ3n) is 3.20. The van der Waals surface area contributed by atoms with Gasteiger partial charge in [0.15, 0.2) is 0 Å². The van der Waals surface area contributed by atoms with E-state index < -0.39 is 0 Å². The molecule has 0 saturated heterocycles. The molecule has 2 N–H and O–H groups in total. The number of rotatable bonds is 2. The number of fused-ring (bicyclic) bond motifs is 1. The quantitative estimate of drug-likeness (QED) is 0.841. The Morgan fingerprint density at radius 2 is 2.11 bits per heavy atom. The van der Waals surface area contributed by atoms with E-state index in [4.69, 9.17) is 11.6 Å². The molecule has 0 fully saturated rings. The number of phenolic OH excluding ortho intramolecular Hbond substituents is 1. The number of halogens is 1. The summed E-state index contributed by atoms with van der Waals surface area (Å²) in [6.07, 6.45) is 1.05. The molecule has 3 rings (SSSR count). The number of thioether (sulfide) groups is 1. The normalized spacial score (nSPS) is 17.8. The van der Waals surface area contributed by atoms with Crippen molar-refractivity contribution in [3.05, 3.63) is 53.1 Å². The second kappa shape index (κ2) is 5.35. The molecule has 1 aliphatic heterocycles. The molecule has 1 heterocycles. The van der Waals surface area contributed by atoms with Crippen molar-refractivity contribution in [1.29, 1.82) is 0 Å². The van der Waals surface area contributed by atoms with Crippen LogP contribution in [0.3, 0.4) is 0 Å². The molecule has 2 nitrogen and oxygen atoms in total. The molecule has 0 spiro atoms. The monoisotopic (exact) mass is 291 g/mol. The third-order valence-corrected chi connectivity index (χ3v) is 4.56. The summed E-state index contributed by atoms with van der Waals surface area (Å²) in [5.41, 5.74) is 2.18. The zero-order valence-electron chi connectivity index (χ0n) is 10.3. The Morgan fingerprint density at radius 3 is 2.95 bits per heavy atom. The molecule has 0 aromatic heterocycles. The molecule has 0 bridgehead atoms. The molecule has 98 valence electrons. The van der Waals surface area contributed by atoms with Crippen LogP contribution >= 0.6 is 23.4 Å². The second-order valence-electron chi connectivity index (χ2n) is 4.57. The Bertz CT molecular complexity index is 602. The Hall–Kier alpha value is -1.32. The summed E-state index contributed by atoms with van der Waals surface area (Å²) in [6, 6.07) is 13.5. The average molecular weight is 292 g/mol. The van der Waals surface area contributed by atoms with Gasteiger partial charge in [0.1, 0.15) is 5.75 Å².